The molecule has 42 heavy (non-hydrogen) atoms. The van der Waals surface area contributed by atoms with Crippen molar-refractivity contribution >= 4 is 27.5 Å². The Morgan fingerprint density at radius 3 is 2.50 bits per heavy atom. The van der Waals surface area contributed by atoms with E-state index in [-0.39, 0.29) is 29.9 Å². The van der Waals surface area contributed by atoms with Crippen LogP contribution in [-0.4, -0.2) is 58.2 Å². The van der Waals surface area contributed by atoms with Gasteiger partial charge < -0.3 is 16.0 Å². The molecule has 5 atom stereocenters. The van der Waals surface area contributed by atoms with Crippen LogP contribution in [-0.2, 0) is 34.1 Å². The number of sulfonamides is 1. The normalized spacial score (nSPS) is 24.9. The summed E-state index contributed by atoms with van der Waals surface area (Å²) >= 11 is 0. The van der Waals surface area contributed by atoms with Crippen LogP contribution in [0.5, 0.6) is 0 Å². The Morgan fingerprint density at radius 1 is 1.05 bits per heavy atom. The van der Waals surface area contributed by atoms with Crippen molar-refractivity contribution in [2.75, 3.05) is 24.2 Å². The second-order valence-electron chi connectivity index (χ2n) is 12.7. The summed E-state index contributed by atoms with van der Waals surface area (Å²) in [6.07, 6.45) is 10.9. The van der Waals surface area contributed by atoms with Crippen molar-refractivity contribution in [3.63, 3.8) is 0 Å². The second-order valence-corrected chi connectivity index (χ2v) is 14.7. The summed E-state index contributed by atoms with van der Waals surface area (Å²) in [5.41, 5.74) is 4.27. The zero-order valence-corrected chi connectivity index (χ0v) is 26.0. The number of benzene rings is 2. The van der Waals surface area contributed by atoms with Crippen molar-refractivity contribution < 1.29 is 18.0 Å². The minimum atomic E-state index is -3.48. The molecule has 3 N–H and O–H groups in total. The standard InChI is InChI=1S/C33H46N4O4S/c1-4-30(33(39)36-31-19-25-12-13-26(31)15-25)34-21-28-17-23-11-7-10-22(14-23)8-5-6-9-24-16-27(32(38)35-28)20-29(18-24)37(2)42(3,40)41/h7,10-11,14,16,18,20,25-26,28,30-31,34H,4-6,8-9,12-13,15,17,19,21H2,1-3H3,(H,35,38)(H,36,39)/t25?,26?,28-,30-,31?/m0/s1. The van der Waals surface area contributed by atoms with Crippen molar-refractivity contribution in [3.8, 4) is 0 Å². The molecule has 5 rings (SSSR count). The fourth-order valence-electron chi connectivity index (χ4n) is 7.03. The van der Waals surface area contributed by atoms with Crippen LogP contribution in [0.15, 0.2) is 42.5 Å². The van der Waals surface area contributed by atoms with Crippen LogP contribution in [0.3, 0.4) is 0 Å². The molecule has 3 unspecified atom stereocenters. The van der Waals surface area contributed by atoms with Gasteiger partial charge in [0.05, 0.1) is 18.0 Å². The molecule has 1 heterocycles. The number of aryl methyl sites for hydroxylation is 2. The Bertz CT molecular complexity index is 1390. The van der Waals surface area contributed by atoms with Gasteiger partial charge >= 0.3 is 0 Å². The quantitative estimate of drug-likeness (QED) is 0.429. The van der Waals surface area contributed by atoms with Gasteiger partial charge in [-0.05, 0) is 105 Å². The predicted octanol–water partition coefficient (Wildman–Crippen LogP) is 3.98. The first-order chi connectivity index (χ1) is 20.1. The van der Waals surface area contributed by atoms with Crippen LogP contribution < -0.4 is 20.3 Å². The number of carbonyl (C=O) groups excluding carboxylic acids is 2. The first kappa shape index (κ1) is 30.5. The molecule has 2 amide bonds. The molecule has 0 saturated heterocycles. The van der Waals surface area contributed by atoms with E-state index >= 15 is 0 Å². The lowest BCUT2D eigenvalue weighted by molar-refractivity contribution is -0.124. The minimum Gasteiger partial charge on any atom is -0.352 e. The maximum Gasteiger partial charge on any atom is 0.251 e. The van der Waals surface area contributed by atoms with Gasteiger partial charge in [-0.15, -0.1) is 0 Å². The monoisotopic (exact) mass is 594 g/mol. The molecule has 0 radical (unpaired) electrons. The summed E-state index contributed by atoms with van der Waals surface area (Å²) in [5.74, 6) is 1.18. The van der Waals surface area contributed by atoms with Crippen molar-refractivity contribution in [2.45, 2.75) is 89.3 Å². The highest BCUT2D eigenvalue weighted by atomic mass is 32.2. The molecule has 2 aromatic carbocycles. The first-order valence-electron chi connectivity index (χ1n) is 15.6. The van der Waals surface area contributed by atoms with Gasteiger partial charge in [-0.3, -0.25) is 13.9 Å². The minimum absolute atomic E-state index is 0.0467. The number of nitrogens with zero attached hydrogens (tertiary/aromatic N) is 1. The Labute approximate surface area is 251 Å². The fraction of sp³-hybridized carbons (Fsp3) is 0.576. The Kier molecular flexibility index (Phi) is 9.57. The van der Waals surface area contributed by atoms with E-state index in [1.165, 1.54) is 42.4 Å². The Hall–Kier alpha value is -2.91. The lowest BCUT2D eigenvalue weighted by Crippen LogP contribution is -2.52. The molecular formula is C33H46N4O4S. The molecule has 2 aliphatic carbocycles. The molecule has 6 bridgehead atoms. The summed E-state index contributed by atoms with van der Waals surface area (Å²) in [6.45, 7) is 2.45. The van der Waals surface area contributed by atoms with Crippen LogP contribution in [0.2, 0.25) is 0 Å². The molecule has 2 aromatic rings. The van der Waals surface area contributed by atoms with E-state index in [2.05, 4.69) is 40.2 Å². The molecule has 228 valence electrons. The number of anilines is 1. The number of rotatable bonds is 8. The predicted molar refractivity (Wildman–Crippen MR) is 167 cm³/mol. The average molecular weight is 595 g/mol. The number of fused-ring (bicyclic) bond motifs is 6. The van der Waals surface area contributed by atoms with E-state index in [0.717, 1.165) is 49.1 Å². The highest BCUT2D eigenvalue weighted by Crippen LogP contribution is 2.44. The maximum atomic E-state index is 13.7. The molecule has 0 spiro atoms. The molecule has 1 aliphatic heterocycles. The first-order valence-corrected chi connectivity index (χ1v) is 17.4. The van der Waals surface area contributed by atoms with E-state index in [0.29, 0.717) is 36.6 Å². The highest BCUT2D eigenvalue weighted by Gasteiger charge is 2.40. The van der Waals surface area contributed by atoms with E-state index in [4.69, 9.17) is 0 Å². The number of hydrogen-bond donors (Lipinski definition) is 3. The van der Waals surface area contributed by atoms with E-state index in [9.17, 15) is 18.0 Å². The zero-order valence-electron chi connectivity index (χ0n) is 25.2. The summed E-state index contributed by atoms with van der Waals surface area (Å²) in [5, 5.41) is 9.99. The lowest BCUT2D eigenvalue weighted by Gasteiger charge is -2.27. The number of nitrogens with one attached hydrogen (secondary N) is 3. The van der Waals surface area contributed by atoms with Crippen LogP contribution in [0, 0.1) is 11.8 Å². The Balaban J connectivity index is 1.35. The molecule has 3 aliphatic rings. The molecule has 9 heteroatoms. The van der Waals surface area contributed by atoms with Crippen LogP contribution in [0.1, 0.15) is 78.9 Å². The largest absolute Gasteiger partial charge is 0.352 e. The molecule has 2 saturated carbocycles. The summed E-state index contributed by atoms with van der Waals surface area (Å²) in [6, 6.07) is 13.6. The lowest BCUT2D eigenvalue weighted by atomic mass is 9.95. The Morgan fingerprint density at radius 2 is 1.81 bits per heavy atom. The van der Waals surface area contributed by atoms with Crippen LogP contribution >= 0.6 is 0 Å². The van der Waals surface area contributed by atoms with Gasteiger partial charge in [0.25, 0.3) is 5.91 Å². The smallest absolute Gasteiger partial charge is 0.251 e. The maximum absolute atomic E-state index is 13.7. The van der Waals surface area contributed by atoms with E-state index in [1.54, 1.807) is 6.07 Å². The van der Waals surface area contributed by atoms with Gasteiger partial charge in [-0.2, -0.15) is 0 Å². The summed E-state index contributed by atoms with van der Waals surface area (Å²) < 4.78 is 25.8. The van der Waals surface area contributed by atoms with E-state index < -0.39 is 10.0 Å². The van der Waals surface area contributed by atoms with Crippen molar-refractivity contribution in [3.05, 3.63) is 64.7 Å². The molecule has 0 aromatic heterocycles. The number of amides is 2. The van der Waals surface area contributed by atoms with E-state index in [1.807, 2.05) is 19.1 Å². The van der Waals surface area contributed by atoms with Gasteiger partial charge in [0.1, 0.15) is 0 Å². The van der Waals surface area contributed by atoms with Crippen molar-refractivity contribution in [2.24, 2.45) is 11.8 Å². The fourth-order valence-corrected chi connectivity index (χ4v) is 7.52. The van der Waals surface area contributed by atoms with Gasteiger partial charge in [0.2, 0.25) is 15.9 Å². The summed E-state index contributed by atoms with van der Waals surface area (Å²) in [4.78, 5) is 26.9. The third kappa shape index (κ3) is 7.53. The third-order valence-electron chi connectivity index (χ3n) is 9.49. The van der Waals surface area contributed by atoms with Crippen LogP contribution in [0.4, 0.5) is 5.69 Å². The average Bonchev–Trinajstić information content (AvgIpc) is 3.58. The van der Waals surface area contributed by atoms with Crippen molar-refractivity contribution in [1.82, 2.24) is 16.0 Å². The highest BCUT2D eigenvalue weighted by molar-refractivity contribution is 7.92. The second kappa shape index (κ2) is 13.2. The summed E-state index contributed by atoms with van der Waals surface area (Å²) in [7, 11) is -1.97. The van der Waals surface area contributed by atoms with Gasteiger partial charge in [-0.1, -0.05) is 37.6 Å². The SMILES string of the molecule is CC[C@H](NC[C@@H]1Cc2cccc(c2)CCCCc2cc(cc(N(C)S(C)(=O)=O)c2)C(=O)N1)C(=O)NC1CC2CCC1C2. The molecule has 2 fully saturated rings. The van der Waals surface area contributed by atoms with Gasteiger partial charge in [0, 0.05) is 31.2 Å². The van der Waals surface area contributed by atoms with Gasteiger partial charge in [-0.25, -0.2) is 8.42 Å². The molecular weight excluding hydrogens is 548 g/mol. The number of hydrogen-bond acceptors (Lipinski definition) is 5. The molecule has 8 nitrogen and oxygen atoms in total. The topological polar surface area (TPSA) is 108 Å². The van der Waals surface area contributed by atoms with Crippen molar-refractivity contribution in [1.29, 1.82) is 0 Å². The third-order valence-corrected chi connectivity index (χ3v) is 10.7. The van der Waals surface area contributed by atoms with Crippen LogP contribution in [0.25, 0.3) is 0 Å². The number of carbonyl (C=O) groups is 2. The van der Waals surface area contributed by atoms with Gasteiger partial charge in [0.15, 0.2) is 0 Å². The zero-order chi connectivity index (χ0) is 29.9.